The van der Waals surface area contributed by atoms with E-state index in [1.165, 1.54) is 4.90 Å². The van der Waals surface area contributed by atoms with E-state index in [9.17, 15) is 5.11 Å². The van der Waals surface area contributed by atoms with Crippen LogP contribution >= 0.6 is 11.8 Å². The van der Waals surface area contributed by atoms with E-state index < -0.39 is 6.10 Å². The van der Waals surface area contributed by atoms with E-state index in [-0.39, 0.29) is 0 Å². The van der Waals surface area contributed by atoms with Gasteiger partial charge >= 0.3 is 0 Å². The SMILES string of the molecule is CCSc1ccc(C(O)c2cnn(CC)c2)cc1. The molecule has 0 saturated carbocycles. The van der Waals surface area contributed by atoms with E-state index in [0.29, 0.717) is 0 Å². The molecule has 1 heterocycles. The van der Waals surface area contributed by atoms with E-state index in [1.807, 2.05) is 29.9 Å². The third kappa shape index (κ3) is 2.94. The summed E-state index contributed by atoms with van der Waals surface area (Å²) in [6, 6.07) is 8.06. The Morgan fingerprint density at radius 2 is 1.94 bits per heavy atom. The molecule has 0 spiro atoms. The first-order valence-corrected chi connectivity index (χ1v) is 7.16. The van der Waals surface area contributed by atoms with Crippen molar-refractivity contribution in [2.45, 2.75) is 31.4 Å². The first kappa shape index (κ1) is 13.2. The molecule has 0 amide bonds. The Balaban J connectivity index is 2.14. The van der Waals surface area contributed by atoms with Gasteiger partial charge in [-0.25, -0.2) is 0 Å². The standard InChI is InChI=1S/C14H18N2OS/c1-3-16-10-12(9-15-16)14(17)11-5-7-13(8-6-11)18-4-2/h5-10,14,17H,3-4H2,1-2H3. The number of hydrogen-bond donors (Lipinski definition) is 1. The molecule has 0 aliphatic carbocycles. The van der Waals surface area contributed by atoms with Crippen LogP contribution in [0.5, 0.6) is 0 Å². The van der Waals surface area contributed by atoms with E-state index >= 15 is 0 Å². The zero-order valence-electron chi connectivity index (χ0n) is 10.7. The molecule has 2 aromatic rings. The summed E-state index contributed by atoms with van der Waals surface area (Å²) in [5, 5.41) is 14.4. The van der Waals surface area contributed by atoms with Crippen molar-refractivity contribution >= 4 is 11.8 Å². The lowest BCUT2D eigenvalue weighted by atomic mass is 10.1. The van der Waals surface area contributed by atoms with Crippen LogP contribution in [-0.4, -0.2) is 20.6 Å². The number of aryl methyl sites for hydroxylation is 1. The lowest BCUT2D eigenvalue weighted by molar-refractivity contribution is 0.220. The minimum Gasteiger partial charge on any atom is -0.384 e. The van der Waals surface area contributed by atoms with Crippen LogP contribution in [0, 0.1) is 0 Å². The van der Waals surface area contributed by atoms with Crippen molar-refractivity contribution in [3.8, 4) is 0 Å². The molecule has 18 heavy (non-hydrogen) atoms. The summed E-state index contributed by atoms with van der Waals surface area (Å²) in [6.07, 6.45) is 3.02. The van der Waals surface area contributed by atoms with Gasteiger partial charge in [-0.2, -0.15) is 5.10 Å². The average Bonchev–Trinajstić information content (AvgIpc) is 2.88. The Hall–Kier alpha value is -1.26. The van der Waals surface area contributed by atoms with E-state index in [0.717, 1.165) is 23.4 Å². The van der Waals surface area contributed by atoms with Crippen LogP contribution in [0.15, 0.2) is 41.6 Å². The van der Waals surface area contributed by atoms with Gasteiger partial charge in [0.2, 0.25) is 0 Å². The highest BCUT2D eigenvalue weighted by Crippen LogP contribution is 2.24. The second-order valence-corrected chi connectivity index (χ2v) is 5.37. The van der Waals surface area contributed by atoms with Crippen LogP contribution < -0.4 is 0 Å². The fraction of sp³-hybridized carbons (Fsp3) is 0.357. The Kier molecular flexibility index (Phi) is 4.44. The highest BCUT2D eigenvalue weighted by Gasteiger charge is 2.12. The zero-order chi connectivity index (χ0) is 13.0. The quantitative estimate of drug-likeness (QED) is 0.841. The van der Waals surface area contributed by atoms with Crippen LogP contribution in [0.1, 0.15) is 31.1 Å². The molecule has 0 aliphatic rings. The van der Waals surface area contributed by atoms with Gasteiger partial charge in [-0.1, -0.05) is 19.1 Å². The monoisotopic (exact) mass is 262 g/mol. The predicted octanol–water partition coefficient (Wildman–Crippen LogP) is 3.10. The molecule has 1 atom stereocenters. The molecule has 1 unspecified atom stereocenters. The molecule has 1 N–H and O–H groups in total. The molecule has 0 aliphatic heterocycles. The average molecular weight is 262 g/mol. The van der Waals surface area contributed by atoms with Crippen LogP contribution in [-0.2, 0) is 6.54 Å². The topological polar surface area (TPSA) is 38.1 Å². The van der Waals surface area contributed by atoms with Crippen LogP contribution in [0.3, 0.4) is 0 Å². The zero-order valence-corrected chi connectivity index (χ0v) is 11.5. The number of nitrogens with zero attached hydrogens (tertiary/aromatic N) is 2. The fourth-order valence-electron chi connectivity index (χ4n) is 1.80. The van der Waals surface area contributed by atoms with Crippen molar-refractivity contribution in [2.75, 3.05) is 5.75 Å². The molecular weight excluding hydrogens is 244 g/mol. The first-order valence-electron chi connectivity index (χ1n) is 6.17. The number of benzene rings is 1. The third-order valence-electron chi connectivity index (χ3n) is 2.80. The van der Waals surface area contributed by atoms with Crippen molar-refractivity contribution in [3.05, 3.63) is 47.8 Å². The van der Waals surface area contributed by atoms with Gasteiger partial charge < -0.3 is 5.11 Å². The number of hydrogen-bond acceptors (Lipinski definition) is 3. The number of aliphatic hydroxyl groups is 1. The summed E-state index contributed by atoms with van der Waals surface area (Å²) in [5.74, 6) is 1.06. The Morgan fingerprint density at radius 1 is 1.22 bits per heavy atom. The molecule has 1 aromatic heterocycles. The van der Waals surface area contributed by atoms with Gasteiger partial charge in [0.05, 0.1) is 6.20 Å². The smallest absolute Gasteiger partial charge is 0.107 e. The normalized spacial score (nSPS) is 12.6. The number of aromatic nitrogens is 2. The minimum atomic E-state index is -0.592. The molecule has 96 valence electrons. The molecule has 0 bridgehead atoms. The Bertz CT molecular complexity index is 493. The molecule has 2 rings (SSSR count). The highest BCUT2D eigenvalue weighted by molar-refractivity contribution is 7.99. The van der Waals surface area contributed by atoms with Gasteiger partial charge in [0, 0.05) is 23.2 Å². The molecular formula is C14H18N2OS. The largest absolute Gasteiger partial charge is 0.384 e. The van der Waals surface area contributed by atoms with E-state index in [1.54, 1.807) is 18.0 Å². The Morgan fingerprint density at radius 3 is 2.50 bits per heavy atom. The molecule has 4 heteroatoms. The summed E-state index contributed by atoms with van der Waals surface area (Å²) >= 11 is 1.80. The van der Waals surface area contributed by atoms with Gasteiger partial charge in [-0.15, -0.1) is 11.8 Å². The molecule has 0 saturated heterocycles. The first-order chi connectivity index (χ1) is 8.74. The van der Waals surface area contributed by atoms with E-state index in [4.69, 9.17) is 0 Å². The van der Waals surface area contributed by atoms with Gasteiger partial charge in [-0.3, -0.25) is 4.68 Å². The highest BCUT2D eigenvalue weighted by atomic mass is 32.2. The lowest BCUT2D eigenvalue weighted by Gasteiger charge is -2.09. The summed E-state index contributed by atoms with van der Waals surface area (Å²) in [4.78, 5) is 1.23. The van der Waals surface area contributed by atoms with Crippen LogP contribution in [0.25, 0.3) is 0 Å². The summed E-state index contributed by atoms with van der Waals surface area (Å²) < 4.78 is 1.82. The predicted molar refractivity (Wildman–Crippen MR) is 74.8 cm³/mol. The molecule has 0 radical (unpaired) electrons. The molecule has 3 nitrogen and oxygen atoms in total. The fourth-order valence-corrected chi connectivity index (χ4v) is 2.46. The number of aliphatic hydroxyl groups excluding tert-OH is 1. The van der Waals surface area contributed by atoms with Gasteiger partial charge in [0.25, 0.3) is 0 Å². The van der Waals surface area contributed by atoms with Gasteiger partial charge in [0.1, 0.15) is 6.10 Å². The maximum Gasteiger partial charge on any atom is 0.107 e. The van der Waals surface area contributed by atoms with E-state index in [2.05, 4.69) is 24.2 Å². The number of thioether (sulfide) groups is 1. The molecule has 0 fully saturated rings. The minimum absolute atomic E-state index is 0.592. The second kappa shape index (κ2) is 6.07. The van der Waals surface area contributed by atoms with Crippen molar-refractivity contribution in [1.29, 1.82) is 0 Å². The third-order valence-corrected chi connectivity index (χ3v) is 3.69. The maximum absolute atomic E-state index is 10.3. The summed E-state index contributed by atoms with van der Waals surface area (Å²) in [7, 11) is 0. The Labute approximate surface area is 112 Å². The van der Waals surface area contributed by atoms with Crippen molar-refractivity contribution < 1.29 is 5.11 Å². The summed E-state index contributed by atoms with van der Waals surface area (Å²) in [5.41, 5.74) is 1.75. The molecule has 1 aromatic carbocycles. The van der Waals surface area contributed by atoms with Crippen molar-refractivity contribution in [1.82, 2.24) is 9.78 Å². The van der Waals surface area contributed by atoms with Crippen LogP contribution in [0.4, 0.5) is 0 Å². The maximum atomic E-state index is 10.3. The van der Waals surface area contributed by atoms with Crippen LogP contribution in [0.2, 0.25) is 0 Å². The number of rotatable bonds is 5. The lowest BCUT2D eigenvalue weighted by Crippen LogP contribution is -1.98. The van der Waals surface area contributed by atoms with Crippen molar-refractivity contribution in [3.63, 3.8) is 0 Å². The van der Waals surface area contributed by atoms with Gasteiger partial charge in [0.15, 0.2) is 0 Å². The summed E-state index contributed by atoms with van der Waals surface area (Å²) in [6.45, 7) is 4.98. The second-order valence-electron chi connectivity index (χ2n) is 4.03. The van der Waals surface area contributed by atoms with Crippen molar-refractivity contribution in [2.24, 2.45) is 0 Å². The van der Waals surface area contributed by atoms with Gasteiger partial charge in [-0.05, 0) is 30.4 Å².